The van der Waals surface area contributed by atoms with Gasteiger partial charge in [0.05, 0.1) is 28.4 Å². The highest BCUT2D eigenvalue weighted by Gasteiger charge is 2.27. The fourth-order valence-electron chi connectivity index (χ4n) is 4.39. The van der Waals surface area contributed by atoms with Crippen molar-refractivity contribution in [2.24, 2.45) is 0 Å². The zero-order valence-electron chi connectivity index (χ0n) is 23.9. The average Bonchev–Trinajstić information content (AvgIpc) is 2.95. The molecule has 214 valence electrons. The number of pyridine rings is 2. The van der Waals surface area contributed by atoms with E-state index < -0.39 is 23.2 Å². The van der Waals surface area contributed by atoms with Crippen LogP contribution in [-0.2, 0) is 9.47 Å². The Morgan fingerprint density at radius 3 is 2.07 bits per heavy atom. The van der Waals surface area contributed by atoms with Crippen LogP contribution in [0.1, 0.15) is 31.3 Å². The zero-order valence-corrected chi connectivity index (χ0v) is 23.9. The number of fused-ring (bicyclic) bond motifs is 1. The van der Waals surface area contributed by atoms with Crippen LogP contribution in [0.5, 0.6) is 17.2 Å². The number of anilines is 1. The predicted octanol–water partition coefficient (Wildman–Crippen LogP) is 5.21. The van der Waals surface area contributed by atoms with Crippen LogP contribution in [0, 0.1) is 0 Å². The fourth-order valence-corrected chi connectivity index (χ4v) is 4.39. The first-order chi connectivity index (χ1) is 19.5. The molecule has 0 aliphatic heterocycles. The molecule has 0 spiro atoms. The van der Waals surface area contributed by atoms with Crippen molar-refractivity contribution in [3.8, 4) is 34.1 Å². The summed E-state index contributed by atoms with van der Waals surface area (Å²) in [5.41, 5.74) is 0.508. The number of hydrogen-bond donors (Lipinski definition) is 1. The Labute approximate surface area is 236 Å². The van der Waals surface area contributed by atoms with Gasteiger partial charge in [-0.3, -0.25) is 19.7 Å². The van der Waals surface area contributed by atoms with Crippen molar-refractivity contribution < 1.29 is 33.3 Å². The Balaban J connectivity index is 2.00. The van der Waals surface area contributed by atoms with E-state index in [1.807, 2.05) is 0 Å². The number of nitrogens with zero attached hydrogens (tertiary/aromatic N) is 2. The third kappa shape index (κ3) is 5.79. The Hall–Kier alpha value is -5.06. The summed E-state index contributed by atoms with van der Waals surface area (Å²) in [4.78, 5) is 43.8. The molecule has 4 rings (SSSR count). The predicted molar refractivity (Wildman–Crippen MR) is 154 cm³/mol. The van der Waals surface area contributed by atoms with Gasteiger partial charge in [-0.05, 0) is 68.8 Å². The highest BCUT2D eigenvalue weighted by molar-refractivity contribution is 6.06. The standard InChI is InChI=1S/C30H31N3O8/c1-30(2,3)41-29(36)32-18-10-12-19(13-11-18)33-25(28(35)40-7)23(20-9-8-14-31-24(20)27(33)34)17-15-21(37-4)26(39-6)22(16-17)38-5/h8-16H,1-7H3,(H,32,36). The Kier molecular flexibility index (Phi) is 8.18. The Morgan fingerprint density at radius 2 is 1.54 bits per heavy atom. The monoisotopic (exact) mass is 561 g/mol. The van der Waals surface area contributed by atoms with Crippen LogP contribution in [-0.4, -0.2) is 55.7 Å². The van der Waals surface area contributed by atoms with Crippen molar-refractivity contribution in [1.29, 1.82) is 0 Å². The van der Waals surface area contributed by atoms with Crippen molar-refractivity contribution in [2.45, 2.75) is 26.4 Å². The van der Waals surface area contributed by atoms with E-state index in [1.165, 1.54) is 39.2 Å². The number of carbonyl (C=O) groups excluding carboxylic acids is 2. The molecule has 11 nitrogen and oxygen atoms in total. The zero-order chi connectivity index (χ0) is 29.9. The van der Waals surface area contributed by atoms with Crippen molar-refractivity contribution in [2.75, 3.05) is 33.8 Å². The van der Waals surface area contributed by atoms with Crippen LogP contribution in [0.3, 0.4) is 0 Å². The summed E-state index contributed by atoms with van der Waals surface area (Å²) in [6.45, 7) is 5.28. The molecule has 2 heterocycles. The lowest BCUT2D eigenvalue weighted by Crippen LogP contribution is -2.28. The van der Waals surface area contributed by atoms with Gasteiger partial charge in [0.2, 0.25) is 5.75 Å². The summed E-state index contributed by atoms with van der Waals surface area (Å²) < 4.78 is 28.3. The number of aromatic nitrogens is 2. The first kappa shape index (κ1) is 28.9. The number of benzene rings is 2. The van der Waals surface area contributed by atoms with E-state index in [4.69, 9.17) is 23.7 Å². The molecule has 0 radical (unpaired) electrons. The molecule has 0 saturated carbocycles. The van der Waals surface area contributed by atoms with Gasteiger partial charge in [-0.2, -0.15) is 0 Å². The van der Waals surface area contributed by atoms with Crippen LogP contribution < -0.4 is 25.1 Å². The average molecular weight is 562 g/mol. The second-order valence-corrected chi connectivity index (χ2v) is 9.84. The Bertz CT molecular complexity index is 1650. The van der Waals surface area contributed by atoms with Crippen molar-refractivity contribution in [1.82, 2.24) is 9.55 Å². The fraction of sp³-hybridized carbons (Fsp3) is 0.267. The quantitative estimate of drug-likeness (QED) is 0.302. The van der Waals surface area contributed by atoms with Crippen molar-refractivity contribution >= 4 is 28.7 Å². The number of rotatable bonds is 7. The lowest BCUT2D eigenvalue weighted by atomic mass is 9.97. The largest absolute Gasteiger partial charge is 0.493 e. The number of ether oxygens (including phenoxy) is 5. The molecule has 1 amide bonds. The minimum Gasteiger partial charge on any atom is -0.493 e. The molecule has 0 fully saturated rings. The molecule has 0 unspecified atom stereocenters. The molecular formula is C30H31N3O8. The van der Waals surface area contributed by atoms with Crippen LogP contribution in [0.2, 0.25) is 0 Å². The molecule has 41 heavy (non-hydrogen) atoms. The lowest BCUT2D eigenvalue weighted by molar-refractivity contribution is 0.0589. The summed E-state index contributed by atoms with van der Waals surface area (Å²) in [7, 11) is 5.68. The van der Waals surface area contributed by atoms with Gasteiger partial charge < -0.3 is 23.7 Å². The number of amides is 1. The number of esters is 1. The van der Waals surface area contributed by atoms with Gasteiger partial charge in [0.15, 0.2) is 11.5 Å². The molecule has 11 heteroatoms. The summed E-state index contributed by atoms with van der Waals surface area (Å²) >= 11 is 0. The SMILES string of the molecule is COC(=O)c1c(-c2cc(OC)c(OC)c(OC)c2)c2cccnc2c(=O)n1-c1ccc(NC(=O)OC(C)(C)C)cc1. The number of nitrogens with one attached hydrogen (secondary N) is 1. The first-order valence-corrected chi connectivity index (χ1v) is 12.6. The highest BCUT2D eigenvalue weighted by atomic mass is 16.6. The van der Waals surface area contributed by atoms with E-state index in [1.54, 1.807) is 69.3 Å². The summed E-state index contributed by atoms with van der Waals surface area (Å²) in [6, 6.07) is 13.1. The molecule has 4 aromatic rings. The van der Waals surface area contributed by atoms with Gasteiger partial charge in [-0.15, -0.1) is 0 Å². The number of carbonyl (C=O) groups is 2. The van der Waals surface area contributed by atoms with Gasteiger partial charge in [0, 0.05) is 28.5 Å². The maximum absolute atomic E-state index is 13.9. The molecule has 0 aliphatic carbocycles. The third-order valence-corrected chi connectivity index (χ3v) is 6.05. The third-order valence-electron chi connectivity index (χ3n) is 6.05. The number of methoxy groups -OCH3 is 4. The van der Waals surface area contributed by atoms with E-state index >= 15 is 0 Å². The molecule has 0 bridgehead atoms. The first-order valence-electron chi connectivity index (χ1n) is 12.6. The number of hydrogen-bond acceptors (Lipinski definition) is 9. The van der Waals surface area contributed by atoms with Gasteiger partial charge in [-0.25, -0.2) is 9.59 Å². The van der Waals surface area contributed by atoms with E-state index in [0.717, 1.165) is 0 Å². The van der Waals surface area contributed by atoms with E-state index in [-0.39, 0.29) is 11.2 Å². The van der Waals surface area contributed by atoms with Crippen molar-refractivity contribution in [3.63, 3.8) is 0 Å². The minimum absolute atomic E-state index is 0.0416. The van der Waals surface area contributed by atoms with Gasteiger partial charge in [0.1, 0.15) is 16.8 Å². The highest BCUT2D eigenvalue weighted by Crippen LogP contribution is 2.43. The lowest BCUT2D eigenvalue weighted by Gasteiger charge is -2.21. The Morgan fingerprint density at radius 1 is 0.902 bits per heavy atom. The van der Waals surface area contributed by atoms with E-state index in [2.05, 4.69) is 10.3 Å². The van der Waals surface area contributed by atoms with Crippen LogP contribution in [0.4, 0.5) is 10.5 Å². The topological polar surface area (TPSA) is 127 Å². The van der Waals surface area contributed by atoms with Crippen molar-refractivity contribution in [3.05, 3.63) is 70.8 Å². The molecule has 0 atom stereocenters. The van der Waals surface area contributed by atoms with Crippen LogP contribution in [0.15, 0.2) is 59.5 Å². The normalized spacial score (nSPS) is 11.1. The maximum Gasteiger partial charge on any atom is 0.412 e. The van der Waals surface area contributed by atoms with E-state index in [0.29, 0.717) is 45.1 Å². The molecule has 1 N–H and O–H groups in total. The molecule has 2 aromatic carbocycles. The summed E-state index contributed by atoms with van der Waals surface area (Å²) in [5, 5.41) is 3.07. The second-order valence-electron chi connectivity index (χ2n) is 9.84. The summed E-state index contributed by atoms with van der Waals surface area (Å²) in [6.07, 6.45) is 0.871. The van der Waals surface area contributed by atoms with Gasteiger partial charge in [-0.1, -0.05) is 6.07 Å². The second kappa shape index (κ2) is 11.6. The molecule has 0 saturated heterocycles. The molecular weight excluding hydrogens is 530 g/mol. The van der Waals surface area contributed by atoms with Gasteiger partial charge >= 0.3 is 12.1 Å². The summed E-state index contributed by atoms with van der Waals surface area (Å²) in [5.74, 6) is 0.310. The van der Waals surface area contributed by atoms with Crippen LogP contribution in [0.25, 0.3) is 27.7 Å². The van der Waals surface area contributed by atoms with Crippen LogP contribution >= 0.6 is 0 Å². The smallest absolute Gasteiger partial charge is 0.412 e. The van der Waals surface area contributed by atoms with Gasteiger partial charge in [0.25, 0.3) is 5.56 Å². The van der Waals surface area contributed by atoms with E-state index in [9.17, 15) is 14.4 Å². The maximum atomic E-state index is 13.9. The molecule has 0 aliphatic rings. The molecule has 2 aromatic heterocycles. The minimum atomic E-state index is -0.757.